The van der Waals surface area contributed by atoms with E-state index in [0.29, 0.717) is 12.0 Å². The standard InChI is InChI=1S/C13H18N2O3S.ClH/c1-13(14,10-5-3-2-4-6-10)12(16)15-11-7-8-19(17,18)9-11;/h2-6,11H,7-9,14H2,1H3,(H,15,16);1H. The number of carbonyl (C=O) groups is 1. The van der Waals surface area contributed by atoms with E-state index in [9.17, 15) is 13.2 Å². The molecule has 1 aromatic carbocycles. The van der Waals surface area contributed by atoms with Gasteiger partial charge in [-0.05, 0) is 18.9 Å². The predicted molar refractivity (Wildman–Crippen MR) is 80.4 cm³/mol. The highest BCUT2D eigenvalue weighted by Gasteiger charge is 2.35. The van der Waals surface area contributed by atoms with Crippen LogP contribution in [0.5, 0.6) is 0 Å². The Bertz CT molecular complexity index is 573. The second-order valence-electron chi connectivity index (χ2n) is 5.14. The maximum Gasteiger partial charge on any atom is 0.244 e. The van der Waals surface area contributed by atoms with Crippen LogP contribution in [-0.4, -0.2) is 31.9 Å². The van der Waals surface area contributed by atoms with Gasteiger partial charge in [0.15, 0.2) is 9.84 Å². The van der Waals surface area contributed by atoms with Crippen LogP contribution < -0.4 is 11.1 Å². The summed E-state index contributed by atoms with van der Waals surface area (Å²) in [5.74, 6) is -0.213. The fourth-order valence-corrected chi connectivity index (χ4v) is 3.83. The summed E-state index contributed by atoms with van der Waals surface area (Å²) in [6.07, 6.45) is 0.457. The molecule has 0 aliphatic carbocycles. The van der Waals surface area contributed by atoms with Crippen LogP contribution in [0, 0.1) is 0 Å². The number of hydrogen-bond donors (Lipinski definition) is 2. The monoisotopic (exact) mass is 318 g/mol. The van der Waals surface area contributed by atoms with Crippen LogP contribution in [0.2, 0.25) is 0 Å². The highest BCUT2D eigenvalue weighted by molar-refractivity contribution is 7.91. The van der Waals surface area contributed by atoms with E-state index in [1.807, 2.05) is 18.2 Å². The van der Waals surface area contributed by atoms with Crippen LogP contribution in [0.15, 0.2) is 30.3 Å². The summed E-state index contributed by atoms with van der Waals surface area (Å²) in [5.41, 5.74) is 5.61. The Morgan fingerprint density at radius 2 is 1.95 bits per heavy atom. The highest BCUT2D eigenvalue weighted by atomic mass is 35.5. The van der Waals surface area contributed by atoms with Crippen molar-refractivity contribution in [1.29, 1.82) is 0 Å². The van der Waals surface area contributed by atoms with Crippen LogP contribution in [0.4, 0.5) is 0 Å². The molecule has 5 nitrogen and oxygen atoms in total. The van der Waals surface area contributed by atoms with Gasteiger partial charge in [-0.15, -0.1) is 12.4 Å². The largest absolute Gasteiger partial charge is 0.350 e. The number of hydrogen-bond acceptors (Lipinski definition) is 4. The fraction of sp³-hybridized carbons (Fsp3) is 0.462. The number of rotatable bonds is 3. The van der Waals surface area contributed by atoms with E-state index in [1.54, 1.807) is 19.1 Å². The third kappa shape index (κ3) is 3.71. The lowest BCUT2D eigenvalue weighted by Crippen LogP contribution is -2.52. The molecule has 0 bridgehead atoms. The molecule has 0 spiro atoms. The molecule has 20 heavy (non-hydrogen) atoms. The summed E-state index contributed by atoms with van der Waals surface area (Å²) >= 11 is 0. The van der Waals surface area contributed by atoms with E-state index < -0.39 is 15.4 Å². The maximum absolute atomic E-state index is 12.2. The van der Waals surface area contributed by atoms with Crippen molar-refractivity contribution >= 4 is 28.2 Å². The van der Waals surface area contributed by atoms with Gasteiger partial charge in [0.1, 0.15) is 5.54 Å². The molecular formula is C13H19ClN2O3S. The molecule has 1 amide bonds. The quantitative estimate of drug-likeness (QED) is 0.853. The van der Waals surface area contributed by atoms with Crippen LogP contribution in [0.25, 0.3) is 0 Å². The van der Waals surface area contributed by atoms with Gasteiger partial charge in [-0.25, -0.2) is 8.42 Å². The van der Waals surface area contributed by atoms with Crippen molar-refractivity contribution in [1.82, 2.24) is 5.32 Å². The number of carbonyl (C=O) groups excluding carboxylic acids is 1. The molecule has 2 rings (SSSR count). The van der Waals surface area contributed by atoms with Gasteiger partial charge in [-0.2, -0.15) is 0 Å². The molecule has 1 saturated heterocycles. The summed E-state index contributed by atoms with van der Waals surface area (Å²) < 4.78 is 22.7. The second-order valence-corrected chi connectivity index (χ2v) is 7.37. The van der Waals surface area contributed by atoms with Crippen molar-refractivity contribution < 1.29 is 13.2 Å². The molecule has 3 N–H and O–H groups in total. The van der Waals surface area contributed by atoms with Gasteiger partial charge in [0.25, 0.3) is 0 Å². The van der Waals surface area contributed by atoms with Crippen molar-refractivity contribution in [3.05, 3.63) is 35.9 Å². The van der Waals surface area contributed by atoms with Crippen molar-refractivity contribution in [2.24, 2.45) is 5.73 Å². The van der Waals surface area contributed by atoms with Gasteiger partial charge < -0.3 is 11.1 Å². The zero-order valence-electron chi connectivity index (χ0n) is 11.2. The number of amides is 1. The Kier molecular flexibility index (Phi) is 5.18. The zero-order valence-corrected chi connectivity index (χ0v) is 12.8. The Balaban J connectivity index is 0.00000200. The predicted octanol–water partition coefficient (Wildman–Crippen LogP) is 0.586. The molecule has 1 heterocycles. The van der Waals surface area contributed by atoms with Crippen molar-refractivity contribution in [3.63, 3.8) is 0 Å². The summed E-state index contributed by atoms with van der Waals surface area (Å²) in [5, 5.41) is 2.73. The van der Waals surface area contributed by atoms with Crippen LogP contribution in [0.1, 0.15) is 18.9 Å². The molecule has 1 aliphatic rings. The Hall–Kier alpha value is -1.11. The van der Waals surface area contributed by atoms with Crippen LogP contribution in [0.3, 0.4) is 0 Å². The van der Waals surface area contributed by atoms with Crippen molar-refractivity contribution in [2.45, 2.75) is 24.9 Å². The first kappa shape index (κ1) is 16.9. The molecule has 7 heteroatoms. The Labute approximate surface area is 125 Å². The normalized spacial score (nSPS) is 23.4. The maximum atomic E-state index is 12.2. The van der Waals surface area contributed by atoms with Gasteiger partial charge >= 0.3 is 0 Å². The van der Waals surface area contributed by atoms with E-state index in [-0.39, 0.29) is 35.9 Å². The van der Waals surface area contributed by atoms with Crippen molar-refractivity contribution in [3.8, 4) is 0 Å². The van der Waals surface area contributed by atoms with Gasteiger partial charge in [0.05, 0.1) is 11.5 Å². The summed E-state index contributed by atoms with van der Waals surface area (Å²) in [6.45, 7) is 1.63. The SMILES string of the molecule is CC(N)(C(=O)NC1CCS(=O)(=O)C1)c1ccccc1.Cl. The number of nitrogens with one attached hydrogen (secondary N) is 1. The number of benzene rings is 1. The molecule has 0 radical (unpaired) electrons. The molecule has 1 fully saturated rings. The average molecular weight is 319 g/mol. The van der Waals surface area contributed by atoms with Gasteiger partial charge in [-0.3, -0.25) is 4.79 Å². The van der Waals surface area contributed by atoms with Gasteiger partial charge in [0.2, 0.25) is 5.91 Å². The second kappa shape index (κ2) is 6.11. The third-order valence-electron chi connectivity index (χ3n) is 3.41. The summed E-state index contributed by atoms with van der Waals surface area (Å²) in [7, 11) is -3.01. The fourth-order valence-electron chi connectivity index (χ4n) is 2.16. The molecule has 1 aromatic rings. The number of nitrogens with two attached hydrogens (primary N) is 1. The van der Waals surface area contributed by atoms with Crippen LogP contribution in [-0.2, 0) is 20.2 Å². The molecular weight excluding hydrogens is 300 g/mol. The first-order chi connectivity index (χ1) is 8.81. The highest BCUT2D eigenvalue weighted by Crippen LogP contribution is 2.19. The Morgan fingerprint density at radius 3 is 2.45 bits per heavy atom. The lowest BCUT2D eigenvalue weighted by molar-refractivity contribution is -0.126. The molecule has 2 unspecified atom stereocenters. The number of sulfone groups is 1. The van der Waals surface area contributed by atoms with Crippen molar-refractivity contribution in [2.75, 3.05) is 11.5 Å². The van der Waals surface area contributed by atoms with E-state index in [0.717, 1.165) is 0 Å². The van der Waals surface area contributed by atoms with E-state index in [1.165, 1.54) is 0 Å². The molecule has 112 valence electrons. The Morgan fingerprint density at radius 1 is 1.35 bits per heavy atom. The average Bonchev–Trinajstić information content (AvgIpc) is 2.69. The topological polar surface area (TPSA) is 89.3 Å². The molecule has 2 atom stereocenters. The minimum atomic E-state index is -3.01. The zero-order chi connectivity index (χ0) is 14.1. The molecule has 0 saturated carbocycles. The van der Waals surface area contributed by atoms with Crippen LogP contribution >= 0.6 is 12.4 Å². The minimum Gasteiger partial charge on any atom is -0.350 e. The molecule has 0 aromatic heterocycles. The first-order valence-electron chi connectivity index (χ1n) is 6.17. The molecule has 1 aliphatic heterocycles. The van der Waals surface area contributed by atoms with E-state index in [2.05, 4.69) is 5.32 Å². The number of halogens is 1. The summed E-state index contributed by atoms with van der Waals surface area (Å²) in [4.78, 5) is 12.2. The van der Waals surface area contributed by atoms with Gasteiger partial charge in [-0.1, -0.05) is 30.3 Å². The van der Waals surface area contributed by atoms with Gasteiger partial charge in [0, 0.05) is 6.04 Å². The van der Waals surface area contributed by atoms with E-state index in [4.69, 9.17) is 5.73 Å². The first-order valence-corrected chi connectivity index (χ1v) is 7.99. The lowest BCUT2D eigenvalue weighted by atomic mass is 9.92. The minimum absolute atomic E-state index is 0. The third-order valence-corrected chi connectivity index (χ3v) is 5.18. The van der Waals surface area contributed by atoms with E-state index >= 15 is 0 Å². The smallest absolute Gasteiger partial charge is 0.244 e. The summed E-state index contributed by atoms with van der Waals surface area (Å²) in [6, 6.07) is 8.71. The lowest BCUT2D eigenvalue weighted by Gasteiger charge is -2.25.